The van der Waals surface area contributed by atoms with E-state index in [0.29, 0.717) is 39.8 Å². The molecule has 0 aliphatic heterocycles. The van der Waals surface area contributed by atoms with Crippen LogP contribution in [-0.4, -0.2) is 31.2 Å². The number of aromatic nitrogens is 4. The molecule has 1 atom stereocenters. The molecule has 1 aromatic carbocycles. The third-order valence-corrected chi connectivity index (χ3v) is 5.97. The minimum atomic E-state index is -0.435. The maximum Gasteiger partial charge on any atom is 0.257 e. The van der Waals surface area contributed by atoms with Gasteiger partial charge in [0, 0.05) is 36.0 Å². The lowest BCUT2D eigenvalue weighted by molar-refractivity contribution is -0.117. The number of carbonyl (C=O) groups is 2. The number of nitrogen functional groups attached to an aromatic ring is 1. The number of hydrogen-bond donors (Lipinski definition) is 3. The Hall–Kier alpha value is -4.53. The fourth-order valence-electron chi connectivity index (χ4n) is 4.23. The summed E-state index contributed by atoms with van der Waals surface area (Å²) in [6.45, 7) is 11.6. The molecule has 0 bridgehead atoms. The number of imidazole rings is 1. The molecular formula is C27H29N7O2. The summed E-state index contributed by atoms with van der Waals surface area (Å²) in [7, 11) is 0. The van der Waals surface area contributed by atoms with Gasteiger partial charge in [-0.2, -0.15) is 0 Å². The maximum atomic E-state index is 13.1. The van der Waals surface area contributed by atoms with Gasteiger partial charge in [0.05, 0.1) is 11.6 Å². The van der Waals surface area contributed by atoms with E-state index in [1.165, 1.54) is 17.8 Å². The van der Waals surface area contributed by atoms with E-state index in [4.69, 9.17) is 10.7 Å². The Balaban J connectivity index is 1.69. The lowest BCUT2D eigenvalue weighted by Gasteiger charge is -2.12. The molecule has 184 valence electrons. The van der Waals surface area contributed by atoms with Gasteiger partial charge in [0.25, 0.3) is 5.91 Å². The van der Waals surface area contributed by atoms with Gasteiger partial charge in [-0.05, 0) is 55.2 Å². The highest BCUT2D eigenvalue weighted by Crippen LogP contribution is 2.30. The van der Waals surface area contributed by atoms with E-state index in [9.17, 15) is 9.59 Å². The van der Waals surface area contributed by atoms with E-state index in [-0.39, 0.29) is 17.6 Å². The number of hydrogen-bond acceptors (Lipinski definition) is 6. The van der Waals surface area contributed by atoms with Crippen LogP contribution < -0.4 is 16.4 Å². The predicted molar refractivity (Wildman–Crippen MR) is 141 cm³/mol. The minimum absolute atomic E-state index is 0.268. The summed E-state index contributed by atoms with van der Waals surface area (Å²) in [6.07, 6.45) is 7.61. The Bertz CT molecular complexity index is 1470. The van der Waals surface area contributed by atoms with Crippen LogP contribution in [0.25, 0.3) is 16.8 Å². The first-order chi connectivity index (χ1) is 17.2. The van der Waals surface area contributed by atoms with Gasteiger partial charge in [0.2, 0.25) is 5.91 Å². The number of aryl methyl sites for hydroxylation is 1. The first kappa shape index (κ1) is 24.6. The first-order valence-corrected chi connectivity index (χ1v) is 11.6. The zero-order chi connectivity index (χ0) is 26.0. The van der Waals surface area contributed by atoms with Gasteiger partial charge in [-0.15, -0.1) is 0 Å². The van der Waals surface area contributed by atoms with Crippen molar-refractivity contribution < 1.29 is 9.59 Å². The van der Waals surface area contributed by atoms with Gasteiger partial charge in [-0.25, -0.2) is 9.97 Å². The van der Waals surface area contributed by atoms with Crippen molar-refractivity contribution in [2.24, 2.45) is 0 Å². The van der Waals surface area contributed by atoms with E-state index < -0.39 is 6.04 Å². The zero-order valence-corrected chi connectivity index (χ0v) is 20.7. The first-order valence-electron chi connectivity index (χ1n) is 11.6. The Kier molecular flexibility index (Phi) is 6.82. The molecule has 0 unspecified atom stereocenters. The van der Waals surface area contributed by atoms with E-state index >= 15 is 0 Å². The predicted octanol–water partition coefficient (Wildman–Crippen LogP) is 4.42. The number of nitrogens with one attached hydrogen (secondary N) is 2. The molecule has 2 amide bonds. The average Bonchev–Trinajstić information content (AvgIpc) is 3.25. The van der Waals surface area contributed by atoms with Crippen molar-refractivity contribution in [1.29, 1.82) is 0 Å². The number of nitrogens with two attached hydrogens (primary N) is 1. The fraction of sp³-hybridized carbons (Fsp3) is 0.222. The number of amides is 2. The summed E-state index contributed by atoms with van der Waals surface area (Å²) < 4.78 is 1.78. The molecule has 0 radical (unpaired) electrons. The molecule has 9 heteroatoms. The number of nitrogens with zero attached hydrogens (tertiary/aromatic N) is 4. The molecule has 9 nitrogen and oxygen atoms in total. The van der Waals surface area contributed by atoms with Crippen LogP contribution in [0.1, 0.15) is 60.0 Å². The lowest BCUT2D eigenvalue weighted by atomic mass is 9.97. The lowest BCUT2D eigenvalue weighted by Crippen LogP contribution is -2.26. The quantitative estimate of drug-likeness (QED) is 0.334. The molecule has 0 aliphatic rings. The Morgan fingerprint density at radius 2 is 1.94 bits per heavy atom. The topological polar surface area (TPSA) is 127 Å². The van der Waals surface area contributed by atoms with Crippen molar-refractivity contribution in [2.75, 3.05) is 11.1 Å². The number of fused-ring (bicyclic) bond motifs is 1. The number of benzene rings is 1. The van der Waals surface area contributed by atoms with Crippen LogP contribution in [0.2, 0.25) is 0 Å². The average molecular weight is 484 g/mol. The summed E-state index contributed by atoms with van der Waals surface area (Å²) in [5.41, 5.74) is 11.3. The van der Waals surface area contributed by atoms with Gasteiger partial charge in [-0.1, -0.05) is 26.5 Å². The molecule has 4 aromatic rings. The highest BCUT2D eigenvalue weighted by molar-refractivity contribution is 6.05. The van der Waals surface area contributed by atoms with Crippen LogP contribution >= 0.6 is 0 Å². The summed E-state index contributed by atoms with van der Waals surface area (Å²) in [4.78, 5) is 38.1. The van der Waals surface area contributed by atoms with Gasteiger partial charge in [0.1, 0.15) is 22.9 Å². The van der Waals surface area contributed by atoms with Crippen LogP contribution in [0.5, 0.6) is 0 Å². The van der Waals surface area contributed by atoms with Crippen molar-refractivity contribution in [1.82, 2.24) is 24.7 Å². The molecule has 36 heavy (non-hydrogen) atoms. The number of carbonyl (C=O) groups excluding carboxylic acids is 2. The second kappa shape index (κ2) is 9.99. The van der Waals surface area contributed by atoms with Crippen LogP contribution in [0, 0.1) is 6.92 Å². The second-order valence-electron chi connectivity index (χ2n) is 8.93. The fourth-order valence-corrected chi connectivity index (χ4v) is 4.23. The monoisotopic (exact) mass is 483 g/mol. The molecular weight excluding hydrogens is 454 g/mol. The van der Waals surface area contributed by atoms with E-state index in [1.54, 1.807) is 29.1 Å². The normalized spacial score (nSPS) is 11.9. The van der Waals surface area contributed by atoms with E-state index in [2.05, 4.69) is 41.0 Å². The van der Waals surface area contributed by atoms with Crippen molar-refractivity contribution in [3.05, 3.63) is 84.2 Å². The summed E-state index contributed by atoms with van der Waals surface area (Å²) in [5, 5.41) is 5.76. The van der Waals surface area contributed by atoms with Crippen LogP contribution in [0.4, 0.5) is 11.5 Å². The van der Waals surface area contributed by atoms with Gasteiger partial charge >= 0.3 is 0 Å². The van der Waals surface area contributed by atoms with Crippen molar-refractivity contribution in [3.63, 3.8) is 0 Å². The Morgan fingerprint density at radius 3 is 2.64 bits per heavy atom. The molecule has 3 aromatic heterocycles. The highest BCUT2D eigenvalue weighted by atomic mass is 16.2. The third-order valence-electron chi connectivity index (χ3n) is 5.97. The van der Waals surface area contributed by atoms with Crippen LogP contribution in [0.15, 0.2) is 61.7 Å². The van der Waals surface area contributed by atoms with Crippen LogP contribution in [-0.2, 0) is 4.79 Å². The molecule has 0 spiro atoms. The SMILES string of the molecule is C=CC(=O)N[C@@H](C)c1nc(-c2cncc(C(=O)Nc3ccc(C(C)C)c(C)c3)c2)c2c(N)nccn12. The second-order valence-corrected chi connectivity index (χ2v) is 8.93. The smallest absolute Gasteiger partial charge is 0.257 e. The molecule has 0 fully saturated rings. The molecule has 0 saturated heterocycles. The Labute approximate surface area is 209 Å². The van der Waals surface area contributed by atoms with E-state index in [0.717, 1.165) is 5.56 Å². The van der Waals surface area contributed by atoms with Gasteiger partial charge in [0.15, 0.2) is 0 Å². The maximum absolute atomic E-state index is 13.1. The molecule has 4 rings (SSSR count). The van der Waals surface area contributed by atoms with Crippen molar-refractivity contribution in [3.8, 4) is 11.3 Å². The van der Waals surface area contributed by atoms with Gasteiger partial charge in [-0.3, -0.25) is 19.0 Å². The zero-order valence-electron chi connectivity index (χ0n) is 20.7. The largest absolute Gasteiger partial charge is 0.382 e. The van der Waals surface area contributed by atoms with Crippen LogP contribution in [0.3, 0.4) is 0 Å². The minimum Gasteiger partial charge on any atom is -0.382 e. The van der Waals surface area contributed by atoms with E-state index in [1.807, 2.05) is 32.0 Å². The highest BCUT2D eigenvalue weighted by Gasteiger charge is 2.21. The van der Waals surface area contributed by atoms with Crippen molar-refractivity contribution >= 4 is 28.8 Å². The summed E-state index contributed by atoms with van der Waals surface area (Å²) in [6, 6.07) is 7.17. The van der Waals surface area contributed by atoms with Gasteiger partial charge < -0.3 is 16.4 Å². The third kappa shape index (κ3) is 4.81. The standard InChI is InChI=1S/C27H29N7O2/c1-6-22(35)31-17(5)26-33-23(24-25(28)30-9-10-34(24)26)18-12-19(14-29-13-18)27(36)32-20-7-8-21(15(2)3)16(4)11-20/h6-15,17H,1H2,2-5H3,(H2,28,30)(H,31,35)(H,32,36)/t17-/m0/s1. The molecule has 0 aliphatic carbocycles. The van der Waals surface area contributed by atoms with Crippen molar-refractivity contribution in [2.45, 2.75) is 39.7 Å². The Morgan fingerprint density at radius 1 is 1.17 bits per heavy atom. The summed E-state index contributed by atoms with van der Waals surface area (Å²) in [5.74, 6) is 0.617. The molecule has 0 saturated carbocycles. The number of rotatable bonds is 7. The summed E-state index contributed by atoms with van der Waals surface area (Å²) >= 11 is 0. The molecule has 4 N–H and O–H groups in total. The molecule has 3 heterocycles. The number of pyridine rings is 1. The number of anilines is 2.